The fourth-order valence-corrected chi connectivity index (χ4v) is 3.95. The average molecular weight is 461 g/mol. The highest BCUT2D eigenvalue weighted by atomic mass is 32.2. The maximum atomic E-state index is 14.8. The van der Waals surface area contributed by atoms with Crippen LogP contribution < -0.4 is 15.1 Å². The molecule has 1 aromatic rings. The van der Waals surface area contributed by atoms with Crippen LogP contribution in [0.2, 0.25) is 0 Å². The minimum Gasteiger partial charge on any atom is -0.442 e. The van der Waals surface area contributed by atoms with Crippen LogP contribution in [0.25, 0.3) is 0 Å². The smallest absolute Gasteiger partial charge is 0.414 e. The summed E-state index contributed by atoms with van der Waals surface area (Å²) in [5, 5.41) is 2.57. The zero-order chi connectivity index (χ0) is 22.8. The monoisotopic (exact) mass is 461 g/mol. The van der Waals surface area contributed by atoms with Crippen molar-refractivity contribution in [2.24, 2.45) is 0 Å². The van der Waals surface area contributed by atoms with Crippen LogP contribution in [-0.2, 0) is 23.8 Å². The number of piperidine rings is 1. The molecular formula is C19H25F2N3O6S. The van der Waals surface area contributed by atoms with Crippen molar-refractivity contribution >= 4 is 33.5 Å². The second kappa shape index (κ2) is 8.95. The predicted octanol–water partition coefficient (Wildman–Crippen LogP) is 1.57. The number of amides is 2. The molecule has 172 valence electrons. The van der Waals surface area contributed by atoms with Gasteiger partial charge < -0.3 is 15.0 Å². The average Bonchev–Trinajstić information content (AvgIpc) is 3.06. The fraction of sp³-hybridized carbons (Fsp3) is 0.579. The molecule has 0 radical (unpaired) electrons. The van der Waals surface area contributed by atoms with E-state index in [4.69, 9.17) is 4.74 Å². The lowest BCUT2D eigenvalue weighted by atomic mass is 9.94. The van der Waals surface area contributed by atoms with Crippen molar-refractivity contribution in [2.45, 2.75) is 31.5 Å². The molecule has 2 aliphatic heterocycles. The summed E-state index contributed by atoms with van der Waals surface area (Å²) in [6.45, 7) is 1.51. The van der Waals surface area contributed by atoms with Gasteiger partial charge in [-0.3, -0.25) is 13.9 Å². The van der Waals surface area contributed by atoms with Gasteiger partial charge in [0.25, 0.3) is 10.1 Å². The molecule has 0 unspecified atom stereocenters. The first kappa shape index (κ1) is 23.2. The van der Waals surface area contributed by atoms with Crippen LogP contribution in [-0.4, -0.2) is 71.2 Å². The summed E-state index contributed by atoms with van der Waals surface area (Å²) in [5.74, 6) is -0.819. The van der Waals surface area contributed by atoms with Gasteiger partial charge in [0.1, 0.15) is 24.2 Å². The molecule has 1 N–H and O–H groups in total. The first-order valence-electron chi connectivity index (χ1n) is 9.76. The van der Waals surface area contributed by atoms with E-state index in [0.717, 1.165) is 6.26 Å². The molecule has 2 saturated heterocycles. The maximum Gasteiger partial charge on any atom is 0.414 e. The number of nitrogens with one attached hydrogen (secondary N) is 1. The van der Waals surface area contributed by atoms with E-state index in [1.165, 1.54) is 24.0 Å². The molecule has 0 spiro atoms. The van der Waals surface area contributed by atoms with Crippen LogP contribution in [0.15, 0.2) is 18.2 Å². The van der Waals surface area contributed by atoms with Gasteiger partial charge in [0.05, 0.1) is 30.7 Å². The minimum absolute atomic E-state index is 0.00695. The van der Waals surface area contributed by atoms with Gasteiger partial charge in [-0.2, -0.15) is 8.42 Å². The zero-order valence-electron chi connectivity index (χ0n) is 17.3. The number of ether oxygens (including phenoxy) is 1. The summed E-state index contributed by atoms with van der Waals surface area (Å²) < 4.78 is 61.5. The quantitative estimate of drug-likeness (QED) is 0.615. The Kier molecular flexibility index (Phi) is 6.70. The fourth-order valence-electron chi connectivity index (χ4n) is 3.52. The normalized spacial score (nSPS) is 21.2. The van der Waals surface area contributed by atoms with Crippen LogP contribution in [0.4, 0.5) is 25.0 Å². The van der Waals surface area contributed by atoms with Gasteiger partial charge in [-0.1, -0.05) is 0 Å². The molecule has 31 heavy (non-hydrogen) atoms. The van der Waals surface area contributed by atoms with Crippen molar-refractivity contribution in [3.63, 3.8) is 0 Å². The second-order valence-electron chi connectivity index (χ2n) is 7.79. The van der Waals surface area contributed by atoms with Crippen molar-refractivity contribution in [1.29, 1.82) is 0 Å². The van der Waals surface area contributed by atoms with E-state index in [0.29, 0.717) is 5.69 Å². The van der Waals surface area contributed by atoms with Crippen molar-refractivity contribution in [3.8, 4) is 0 Å². The van der Waals surface area contributed by atoms with Gasteiger partial charge in [-0.25, -0.2) is 13.6 Å². The molecule has 2 fully saturated rings. The standard InChI is InChI=1S/C19H25F2N3O6S/c1-13(25)22-10-15-11-24(18(26)30-15)14-3-4-17(16(20)9-14)23-7-5-19(21,6-8-23)12-29-31(2,27)28/h3-4,9,15H,5-8,10-12H2,1-2H3,(H,22,25)/t15-/m0/s1. The molecule has 3 rings (SSSR count). The third-order valence-corrected chi connectivity index (χ3v) is 5.77. The number of cyclic esters (lactones) is 1. The summed E-state index contributed by atoms with van der Waals surface area (Å²) in [6, 6.07) is 4.29. The summed E-state index contributed by atoms with van der Waals surface area (Å²) in [4.78, 5) is 26.1. The molecule has 0 saturated carbocycles. The summed E-state index contributed by atoms with van der Waals surface area (Å²) in [6.07, 6.45) is -0.317. The van der Waals surface area contributed by atoms with E-state index in [2.05, 4.69) is 9.50 Å². The molecule has 9 nitrogen and oxygen atoms in total. The van der Waals surface area contributed by atoms with Gasteiger partial charge in [0, 0.05) is 32.9 Å². The lowest BCUT2D eigenvalue weighted by molar-refractivity contribution is -0.119. The topological polar surface area (TPSA) is 105 Å². The van der Waals surface area contributed by atoms with E-state index in [-0.39, 0.29) is 50.6 Å². The van der Waals surface area contributed by atoms with E-state index in [1.807, 2.05) is 0 Å². The summed E-state index contributed by atoms with van der Waals surface area (Å²) in [5.41, 5.74) is -1.22. The third-order valence-electron chi connectivity index (χ3n) is 5.23. The van der Waals surface area contributed by atoms with E-state index < -0.39 is 40.4 Å². The number of anilines is 2. The number of rotatable bonds is 7. The van der Waals surface area contributed by atoms with E-state index in [9.17, 15) is 26.8 Å². The maximum absolute atomic E-state index is 14.8. The van der Waals surface area contributed by atoms with Crippen molar-refractivity contribution < 1.29 is 35.7 Å². The van der Waals surface area contributed by atoms with Crippen LogP contribution in [0, 0.1) is 5.82 Å². The van der Waals surface area contributed by atoms with Crippen LogP contribution >= 0.6 is 0 Å². The second-order valence-corrected chi connectivity index (χ2v) is 9.44. The Morgan fingerprint density at radius 3 is 2.61 bits per heavy atom. The number of halogens is 2. The molecule has 12 heteroatoms. The van der Waals surface area contributed by atoms with Crippen molar-refractivity contribution in [3.05, 3.63) is 24.0 Å². The van der Waals surface area contributed by atoms with Crippen LogP contribution in [0.3, 0.4) is 0 Å². The summed E-state index contributed by atoms with van der Waals surface area (Å²) in [7, 11) is -3.74. The number of carbonyl (C=O) groups is 2. The molecule has 0 aromatic heterocycles. The molecule has 2 heterocycles. The van der Waals surface area contributed by atoms with Gasteiger partial charge in [-0.15, -0.1) is 0 Å². The Bertz CT molecular complexity index is 950. The minimum atomic E-state index is -3.74. The third kappa shape index (κ3) is 6.03. The highest BCUT2D eigenvalue weighted by molar-refractivity contribution is 7.85. The highest BCUT2D eigenvalue weighted by Gasteiger charge is 2.37. The van der Waals surface area contributed by atoms with Crippen LogP contribution in [0.5, 0.6) is 0 Å². The number of alkyl halides is 1. The Hall–Kier alpha value is -2.47. The largest absolute Gasteiger partial charge is 0.442 e. The number of carbonyl (C=O) groups excluding carboxylic acids is 2. The number of benzene rings is 1. The predicted molar refractivity (Wildman–Crippen MR) is 109 cm³/mol. The first-order valence-corrected chi connectivity index (χ1v) is 11.6. The Balaban J connectivity index is 1.61. The molecule has 1 aromatic carbocycles. The molecule has 1 atom stereocenters. The lowest BCUT2D eigenvalue weighted by Crippen LogP contribution is -2.45. The lowest BCUT2D eigenvalue weighted by Gasteiger charge is -2.37. The van der Waals surface area contributed by atoms with E-state index >= 15 is 0 Å². The number of hydrogen-bond acceptors (Lipinski definition) is 7. The highest BCUT2D eigenvalue weighted by Crippen LogP contribution is 2.33. The number of nitrogens with zero attached hydrogens (tertiary/aromatic N) is 2. The van der Waals surface area contributed by atoms with Gasteiger partial charge in [-0.05, 0) is 18.2 Å². The Labute approximate surface area is 179 Å². The van der Waals surface area contributed by atoms with E-state index in [1.54, 1.807) is 11.0 Å². The van der Waals surface area contributed by atoms with Crippen molar-refractivity contribution in [1.82, 2.24) is 5.32 Å². The Morgan fingerprint density at radius 1 is 1.35 bits per heavy atom. The first-order chi connectivity index (χ1) is 14.5. The van der Waals surface area contributed by atoms with Gasteiger partial charge in [0.2, 0.25) is 5.91 Å². The molecule has 2 aliphatic rings. The van der Waals surface area contributed by atoms with Gasteiger partial charge in [0.15, 0.2) is 0 Å². The zero-order valence-corrected chi connectivity index (χ0v) is 18.1. The summed E-state index contributed by atoms with van der Waals surface area (Å²) >= 11 is 0. The molecule has 2 amide bonds. The molecule has 0 aliphatic carbocycles. The van der Waals surface area contributed by atoms with Gasteiger partial charge >= 0.3 is 6.09 Å². The Morgan fingerprint density at radius 2 is 2.03 bits per heavy atom. The molecule has 0 bridgehead atoms. The molecular weight excluding hydrogens is 436 g/mol. The van der Waals surface area contributed by atoms with Crippen LogP contribution in [0.1, 0.15) is 19.8 Å². The van der Waals surface area contributed by atoms with Crippen molar-refractivity contribution in [2.75, 3.05) is 48.8 Å². The SMILES string of the molecule is CC(=O)NC[C@H]1CN(c2ccc(N3CCC(F)(COS(C)(=O)=O)CC3)c(F)c2)C(=O)O1. The number of hydrogen-bond donors (Lipinski definition) is 1.